The number of ether oxygens (including phenoxy) is 1. The summed E-state index contributed by atoms with van der Waals surface area (Å²) in [6.45, 7) is 6.49. The molecule has 2 heteroatoms. The minimum absolute atomic E-state index is 0.135. The van der Waals surface area contributed by atoms with Gasteiger partial charge in [0.1, 0.15) is 5.75 Å². The Hall–Kier alpha value is -1.28. The van der Waals surface area contributed by atoms with Crippen molar-refractivity contribution in [2.24, 2.45) is 5.92 Å². The molecule has 1 aromatic carbocycles. The van der Waals surface area contributed by atoms with Gasteiger partial charge in [0.05, 0.1) is 13.2 Å². The van der Waals surface area contributed by atoms with Crippen molar-refractivity contribution < 1.29 is 9.84 Å². The molecule has 1 aromatic rings. The molecule has 0 unspecified atom stereocenters. The van der Waals surface area contributed by atoms with E-state index in [9.17, 15) is 5.11 Å². The van der Waals surface area contributed by atoms with Gasteiger partial charge in [-0.3, -0.25) is 0 Å². The third kappa shape index (κ3) is 1.81. The molecule has 1 N–H and O–H groups in total. The van der Waals surface area contributed by atoms with E-state index >= 15 is 0 Å². The third-order valence-corrected chi connectivity index (χ3v) is 5.21. The Morgan fingerprint density at radius 1 is 1.37 bits per heavy atom. The average molecular weight is 258 g/mol. The van der Waals surface area contributed by atoms with Crippen molar-refractivity contribution >= 4 is 0 Å². The summed E-state index contributed by atoms with van der Waals surface area (Å²) in [6, 6.07) is 6.44. The summed E-state index contributed by atoms with van der Waals surface area (Å²) in [5, 5.41) is 10.0. The minimum atomic E-state index is -0.308. The number of aryl methyl sites for hydroxylation is 1. The van der Waals surface area contributed by atoms with E-state index in [0.29, 0.717) is 5.92 Å². The molecule has 3 atom stereocenters. The van der Waals surface area contributed by atoms with Crippen molar-refractivity contribution in [1.82, 2.24) is 0 Å². The highest BCUT2D eigenvalue weighted by Crippen LogP contribution is 2.51. The summed E-state index contributed by atoms with van der Waals surface area (Å²) in [5.41, 5.74) is 4.01. The number of rotatable bonds is 1. The lowest BCUT2D eigenvalue weighted by Crippen LogP contribution is -2.44. The maximum atomic E-state index is 10.0. The number of methoxy groups -OCH3 is 1. The molecule has 0 amide bonds. The molecule has 0 spiro atoms. The van der Waals surface area contributed by atoms with E-state index in [4.69, 9.17) is 4.74 Å². The monoisotopic (exact) mass is 258 g/mol. The van der Waals surface area contributed by atoms with Crippen LogP contribution in [-0.2, 0) is 11.8 Å². The largest absolute Gasteiger partial charge is 0.497 e. The number of aliphatic hydroxyl groups is 1. The Morgan fingerprint density at radius 3 is 2.89 bits per heavy atom. The Bertz CT molecular complexity index is 520. The van der Waals surface area contributed by atoms with E-state index in [2.05, 4.69) is 31.7 Å². The van der Waals surface area contributed by atoms with Gasteiger partial charge >= 0.3 is 0 Å². The van der Waals surface area contributed by atoms with Crippen LogP contribution in [0.4, 0.5) is 0 Å². The lowest BCUT2D eigenvalue weighted by Gasteiger charge is -2.49. The normalized spacial score (nSPS) is 33.5. The average Bonchev–Trinajstić information content (AvgIpc) is 2.43. The second-order valence-electron chi connectivity index (χ2n) is 6.16. The van der Waals surface area contributed by atoms with E-state index in [-0.39, 0.29) is 11.5 Å². The smallest absolute Gasteiger partial charge is 0.119 e. The quantitative estimate of drug-likeness (QED) is 0.784. The summed E-state index contributed by atoms with van der Waals surface area (Å²) in [4.78, 5) is 0. The van der Waals surface area contributed by atoms with Crippen molar-refractivity contribution in [2.75, 3.05) is 7.11 Å². The van der Waals surface area contributed by atoms with Crippen molar-refractivity contribution in [1.29, 1.82) is 0 Å². The van der Waals surface area contributed by atoms with Crippen LogP contribution in [0.2, 0.25) is 0 Å². The fourth-order valence-electron chi connectivity index (χ4n) is 4.02. The number of fused-ring (bicyclic) bond motifs is 3. The van der Waals surface area contributed by atoms with Crippen LogP contribution in [-0.4, -0.2) is 18.3 Å². The molecule has 0 bridgehead atoms. The lowest BCUT2D eigenvalue weighted by atomic mass is 9.56. The van der Waals surface area contributed by atoms with Gasteiger partial charge in [0.15, 0.2) is 0 Å². The van der Waals surface area contributed by atoms with Crippen LogP contribution < -0.4 is 4.74 Å². The Balaban J connectivity index is 2.06. The zero-order valence-electron chi connectivity index (χ0n) is 11.8. The zero-order chi connectivity index (χ0) is 13.6. The Labute approximate surface area is 115 Å². The molecule has 2 nitrogen and oxygen atoms in total. The third-order valence-electron chi connectivity index (χ3n) is 5.21. The van der Waals surface area contributed by atoms with Crippen LogP contribution in [0.1, 0.15) is 37.3 Å². The van der Waals surface area contributed by atoms with Crippen LogP contribution in [0.5, 0.6) is 5.75 Å². The first-order valence-electron chi connectivity index (χ1n) is 7.10. The molecule has 0 aromatic heterocycles. The van der Waals surface area contributed by atoms with Gasteiger partial charge in [0, 0.05) is 0 Å². The van der Waals surface area contributed by atoms with Crippen LogP contribution in [0, 0.1) is 5.92 Å². The van der Waals surface area contributed by atoms with Gasteiger partial charge in [-0.05, 0) is 65.8 Å². The SMILES string of the molecule is C=C1[C@H]2CCc3cc(OC)ccc3[C@@]2(C)CC[C@@H]1O. The fraction of sp³-hybridized carbons (Fsp3) is 0.529. The standard InChI is InChI=1S/C17H22O2/c1-11-14-6-4-12-10-13(19-3)5-7-15(12)17(14,2)9-8-16(11)18/h5,7,10,14,16,18H,1,4,6,8-9H2,2-3H3/t14-,16+,17+/m1/s1. The van der Waals surface area contributed by atoms with Gasteiger partial charge < -0.3 is 9.84 Å². The van der Waals surface area contributed by atoms with E-state index in [1.807, 2.05) is 0 Å². The first kappa shape index (κ1) is 12.7. The first-order chi connectivity index (χ1) is 9.06. The molecule has 0 aliphatic heterocycles. The molecule has 0 radical (unpaired) electrons. The molecule has 1 saturated carbocycles. The number of hydrogen-bond donors (Lipinski definition) is 1. The summed E-state index contributed by atoms with van der Waals surface area (Å²) >= 11 is 0. The van der Waals surface area contributed by atoms with Crippen LogP contribution in [0.3, 0.4) is 0 Å². The molecular weight excluding hydrogens is 236 g/mol. The number of hydrogen-bond acceptors (Lipinski definition) is 2. The number of benzene rings is 1. The first-order valence-corrected chi connectivity index (χ1v) is 7.10. The molecule has 3 rings (SSSR count). The predicted molar refractivity (Wildman–Crippen MR) is 76.5 cm³/mol. The fourth-order valence-corrected chi connectivity index (χ4v) is 4.02. The van der Waals surface area contributed by atoms with Gasteiger partial charge in [0.2, 0.25) is 0 Å². The zero-order valence-corrected chi connectivity index (χ0v) is 11.8. The predicted octanol–water partition coefficient (Wildman–Crippen LogP) is 3.23. The molecule has 2 aliphatic rings. The van der Waals surface area contributed by atoms with Crippen LogP contribution >= 0.6 is 0 Å². The van der Waals surface area contributed by atoms with Crippen molar-refractivity contribution in [2.45, 2.75) is 44.1 Å². The van der Waals surface area contributed by atoms with Gasteiger partial charge in [-0.15, -0.1) is 0 Å². The summed E-state index contributed by atoms with van der Waals surface area (Å²) < 4.78 is 5.33. The molecule has 0 heterocycles. The second-order valence-corrected chi connectivity index (χ2v) is 6.16. The highest BCUT2D eigenvalue weighted by Gasteiger charge is 2.45. The highest BCUT2D eigenvalue weighted by molar-refractivity contribution is 5.45. The maximum Gasteiger partial charge on any atom is 0.119 e. The van der Waals surface area contributed by atoms with Gasteiger partial charge in [0.25, 0.3) is 0 Å². The van der Waals surface area contributed by atoms with Crippen LogP contribution in [0.25, 0.3) is 0 Å². The van der Waals surface area contributed by atoms with E-state index in [1.165, 1.54) is 11.1 Å². The molecule has 2 aliphatic carbocycles. The molecular formula is C17H22O2. The minimum Gasteiger partial charge on any atom is -0.497 e. The molecule has 19 heavy (non-hydrogen) atoms. The second kappa shape index (κ2) is 4.38. The Morgan fingerprint density at radius 2 is 2.16 bits per heavy atom. The topological polar surface area (TPSA) is 29.5 Å². The molecule has 1 fully saturated rings. The summed E-state index contributed by atoms with van der Waals surface area (Å²) in [5.74, 6) is 1.35. The van der Waals surface area contributed by atoms with Gasteiger partial charge in [-0.1, -0.05) is 19.6 Å². The highest BCUT2D eigenvalue weighted by atomic mass is 16.5. The van der Waals surface area contributed by atoms with Gasteiger partial charge in [-0.2, -0.15) is 0 Å². The van der Waals surface area contributed by atoms with Crippen LogP contribution in [0.15, 0.2) is 30.4 Å². The van der Waals surface area contributed by atoms with Crippen molar-refractivity contribution in [3.05, 3.63) is 41.5 Å². The summed E-state index contributed by atoms with van der Waals surface area (Å²) in [7, 11) is 1.72. The van der Waals surface area contributed by atoms with E-state index in [0.717, 1.165) is 37.0 Å². The number of aliphatic hydroxyl groups excluding tert-OH is 1. The Kier molecular flexibility index (Phi) is 2.94. The van der Waals surface area contributed by atoms with Gasteiger partial charge in [-0.25, -0.2) is 0 Å². The molecule has 102 valence electrons. The van der Waals surface area contributed by atoms with E-state index in [1.54, 1.807) is 7.11 Å². The van der Waals surface area contributed by atoms with E-state index < -0.39 is 0 Å². The molecule has 0 saturated heterocycles. The van der Waals surface area contributed by atoms with Crippen molar-refractivity contribution in [3.63, 3.8) is 0 Å². The maximum absolute atomic E-state index is 10.0. The van der Waals surface area contributed by atoms with Crippen molar-refractivity contribution in [3.8, 4) is 5.75 Å². The summed E-state index contributed by atoms with van der Waals surface area (Å²) in [6.07, 6.45) is 3.71. The lowest BCUT2D eigenvalue weighted by molar-refractivity contribution is 0.109.